The Kier molecular flexibility index (Phi) is 2.82. The van der Waals surface area contributed by atoms with E-state index in [2.05, 4.69) is 44.6 Å². The van der Waals surface area contributed by atoms with E-state index in [9.17, 15) is 0 Å². The number of para-hydroxylation sites is 1. The fourth-order valence-electron chi connectivity index (χ4n) is 2.33. The van der Waals surface area contributed by atoms with Crippen molar-refractivity contribution in [3.05, 3.63) is 42.2 Å². The van der Waals surface area contributed by atoms with Crippen LogP contribution >= 0.6 is 0 Å². The van der Waals surface area contributed by atoms with Gasteiger partial charge in [-0.05, 0) is 24.5 Å². The van der Waals surface area contributed by atoms with Gasteiger partial charge in [0.25, 0.3) is 0 Å². The van der Waals surface area contributed by atoms with Crippen molar-refractivity contribution in [1.29, 1.82) is 0 Å². The van der Waals surface area contributed by atoms with Gasteiger partial charge in [0.2, 0.25) is 0 Å². The first-order chi connectivity index (χ1) is 8.88. The Balaban J connectivity index is 2.02. The smallest absolute Gasteiger partial charge is 0.160 e. The number of nitrogen functional groups attached to an aromatic ring is 1. The lowest BCUT2D eigenvalue weighted by Crippen LogP contribution is -2.25. The van der Waals surface area contributed by atoms with Crippen molar-refractivity contribution in [3.63, 3.8) is 0 Å². The van der Waals surface area contributed by atoms with Gasteiger partial charge < -0.3 is 10.3 Å². The molecule has 5 nitrogen and oxygen atoms in total. The maximum absolute atomic E-state index is 5.37. The highest BCUT2D eigenvalue weighted by atomic mass is 15.3. The lowest BCUT2D eigenvalue weighted by Gasteiger charge is -2.30. The summed E-state index contributed by atoms with van der Waals surface area (Å²) in [6.45, 7) is 0.958. The van der Waals surface area contributed by atoms with Crippen LogP contribution in [0.3, 0.4) is 0 Å². The summed E-state index contributed by atoms with van der Waals surface area (Å²) >= 11 is 0. The molecule has 2 heterocycles. The van der Waals surface area contributed by atoms with Gasteiger partial charge in [-0.15, -0.1) is 0 Å². The minimum absolute atomic E-state index is 0.579. The first-order valence-corrected chi connectivity index (χ1v) is 6.02. The minimum atomic E-state index is 0.579. The number of fused-ring (bicyclic) bond motifs is 1. The number of anilines is 3. The summed E-state index contributed by atoms with van der Waals surface area (Å²) in [5.74, 6) is 6.78. The van der Waals surface area contributed by atoms with Crippen molar-refractivity contribution in [3.8, 4) is 0 Å². The van der Waals surface area contributed by atoms with Gasteiger partial charge in [0, 0.05) is 12.2 Å². The Morgan fingerprint density at radius 1 is 1.22 bits per heavy atom. The van der Waals surface area contributed by atoms with Gasteiger partial charge in [-0.25, -0.2) is 10.8 Å². The highest BCUT2D eigenvalue weighted by Crippen LogP contribution is 2.31. The number of hydrazine groups is 1. The largest absolute Gasteiger partial charge is 0.325 e. The highest BCUT2D eigenvalue weighted by Gasteiger charge is 2.18. The number of rotatable bonds is 2. The fourth-order valence-corrected chi connectivity index (χ4v) is 2.33. The Morgan fingerprint density at radius 3 is 3.00 bits per heavy atom. The molecule has 0 fully saturated rings. The Bertz CT molecular complexity index is 555. The molecule has 92 valence electrons. The van der Waals surface area contributed by atoms with Crippen LogP contribution in [-0.2, 0) is 6.42 Å². The van der Waals surface area contributed by atoms with Crippen LogP contribution in [0.5, 0.6) is 0 Å². The van der Waals surface area contributed by atoms with Gasteiger partial charge in [0.1, 0.15) is 0 Å². The molecule has 0 atom stereocenters. The third kappa shape index (κ3) is 1.89. The summed E-state index contributed by atoms with van der Waals surface area (Å²) in [6, 6.07) is 8.42. The second kappa shape index (κ2) is 4.62. The predicted octanol–water partition coefficient (Wildman–Crippen LogP) is 1.85. The Morgan fingerprint density at radius 2 is 2.11 bits per heavy atom. The molecule has 0 amide bonds. The molecule has 0 unspecified atom stereocenters. The van der Waals surface area contributed by atoms with Gasteiger partial charge >= 0.3 is 0 Å². The minimum Gasteiger partial charge on any atom is -0.325 e. The molecule has 1 aromatic heterocycles. The first-order valence-electron chi connectivity index (χ1n) is 6.02. The Labute approximate surface area is 106 Å². The van der Waals surface area contributed by atoms with Crippen molar-refractivity contribution >= 4 is 17.3 Å². The normalized spacial score (nSPS) is 14.2. The summed E-state index contributed by atoms with van der Waals surface area (Å²) in [7, 11) is 0. The summed E-state index contributed by atoms with van der Waals surface area (Å²) in [4.78, 5) is 10.8. The number of benzene rings is 1. The van der Waals surface area contributed by atoms with Crippen molar-refractivity contribution in [1.82, 2.24) is 9.97 Å². The van der Waals surface area contributed by atoms with E-state index in [0.29, 0.717) is 5.82 Å². The van der Waals surface area contributed by atoms with E-state index in [4.69, 9.17) is 5.84 Å². The zero-order valence-corrected chi connectivity index (χ0v) is 10.0. The molecule has 0 spiro atoms. The molecule has 3 rings (SSSR count). The number of nitrogens with one attached hydrogen (secondary N) is 1. The van der Waals surface area contributed by atoms with Crippen LogP contribution in [0, 0.1) is 0 Å². The predicted molar refractivity (Wildman–Crippen MR) is 71.6 cm³/mol. The standard InChI is InChI=1S/C13H15N5/c14-17-12-8-15-9-13(16-12)18-7-3-5-10-4-1-2-6-11(10)18/h1-2,4,6,8-9H,3,5,7,14H2,(H,16,17). The number of aromatic nitrogens is 2. The number of nitrogens with two attached hydrogens (primary N) is 1. The quantitative estimate of drug-likeness (QED) is 0.620. The number of hydrogen-bond acceptors (Lipinski definition) is 5. The molecule has 1 aliphatic heterocycles. The molecule has 0 bridgehead atoms. The van der Waals surface area contributed by atoms with Crippen LogP contribution < -0.4 is 16.2 Å². The lowest BCUT2D eigenvalue weighted by atomic mass is 10.0. The second-order valence-electron chi connectivity index (χ2n) is 4.29. The maximum atomic E-state index is 5.37. The molecule has 0 saturated heterocycles. The molecular formula is C13H15N5. The number of nitrogens with zero attached hydrogens (tertiary/aromatic N) is 3. The topological polar surface area (TPSA) is 67.1 Å². The monoisotopic (exact) mass is 241 g/mol. The molecule has 0 saturated carbocycles. The van der Waals surface area contributed by atoms with E-state index in [1.165, 1.54) is 11.3 Å². The van der Waals surface area contributed by atoms with Crippen LogP contribution in [0.1, 0.15) is 12.0 Å². The average molecular weight is 241 g/mol. The van der Waals surface area contributed by atoms with Gasteiger partial charge in [-0.3, -0.25) is 4.98 Å². The van der Waals surface area contributed by atoms with Crippen LogP contribution in [0.15, 0.2) is 36.7 Å². The average Bonchev–Trinajstić information content (AvgIpc) is 2.47. The highest BCUT2D eigenvalue weighted by molar-refractivity contribution is 5.65. The van der Waals surface area contributed by atoms with E-state index in [1.807, 2.05) is 0 Å². The van der Waals surface area contributed by atoms with Crippen molar-refractivity contribution in [2.45, 2.75) is 12.8 Å². The van der Waals surface area contributed by atoms with Gasteiger partial charge in [0.15, 0.2) is 11.6 Å². The van der Waals surface area contributed by atoms with Gasteiger partial charge in [-0.2, -0.15) is 0 Å². The summed E-state index contributed by atoms with van der Waals surface area (Å²) in [5, 5.41) is 0. The molecule has 5 heteroatoms. The molecule has 2 aromatic rings. The van der Waals surface area contributed by atoms with Gasteiger partial charge in [-0.1, -0.05) is 18.2 Å². The van der Waals surface area contributed by atoms with E-state index in [1.54, 1.807) is 12.4 Å². The van der Waals surface area contributed by atoms with Gasteiger partial charge in [0.05, 0.1) is 12.4 Å². The van der Waals surface area contributed by atoms with E-state index in [-0.39, 0.29) is 0 Å². The molecule has 18 heavy (non-hydrogen) atoms. The van der Waals surface area contributed by atoms with Crippen LogP contribution in [-0.4, -0.2) is 16.5 Å². The van der Waals surface area contributed by atoms with E-state index >= 15 is 0 Å². The zero-order chi connectivity index (χ0) is 12.4. The SMILES string of the molecule is NNc1cncc(N2CCCc3ccccc32)n1. The van der Waals surface area contributed by atoms with Crippen LogP contribution in [0.4, 0.5) is 17.3 Å². The molecule has 3 N–H and O–H groups in total. The second-order valence-corrected chi connectivity index (χ2v) is 4.29. The van der Waals surface area contributed by atoms with E-state index < -0.39 is 0 Å². The van der Waals surface area contributed by atoms with Crippen molar-refractivity contribution in [2.75, 3.05) is 16.9 Å². The van der Waals surface area contributed by atoms with Crippen LogP contribution in [0.25, 0.3) is 0 Å². The van der Waals surface area contributed by atoms with Crippen LogP contribution in [0.2, 0.25) is 0 Å². The first kappa shape index (κ1) is 11.0. The molecule has 0 aliphatic carbocycles. The summed E-state index contributed by atoms with van der Waals surface area (Å²) in [5.41, 5.74) is 5.10. The lowest BCUT2D eigenvalue weighted by molar-refractivity contribution is 0.758. The molecular weight excluding hydrogens is 226 g/mol. The summed E-state index contributed by atoms with van der Waals surface area (Å²) in [6.07, 6.45) is 5.62. The molecule has 1 aromatic carbocycles. The molecule has 0 radical (unpaired) electrons. The Hall–Kier alpha value is -2.14. The fraction of sp³-hybridized carbons (Fsp3) is 0.231. The maximum Gasteiger partial charge on any atom is 0.160 e. The number of hydrogen-bond donors (Lipinski definition) is 2. The van der Waals surface area contributed by atoms with E-state index in [0.717, 1.165) is 25.2 Å². The zero-order valence-electron chi connectivity index (χ0n) is 10.0. The van der Waals surface area contributed by atoms with Crippen molar-refractivity contribution < 1.29 is 0 Å². The summed E-state index contributed by atoms with van der Waals surface area (Å²) < 4.78 is 0. The number of aryl methyl sites for hydroxylation is 1. The molecule has 1 aliphatic rings. The third-order valence-corrected chi connectivity index (χ3v) is 3.16. The van der Waals surface area contributed by atoms with Crippen molar-refractivity contribution in [2.24, 2.45) is 5.84 Å². The third-order valence-electron chi connectivity index (χ3n) is 3.16.